The molecule has 0 spiro atoms. The summed E-state index contributed by atoms with van der Waals surface area (Å²) in [5.41, 5.74) is 6.45. The van der Waals surface area contributed by atoms with Gasteiger partial charge in [0.25, 0.3) is 0 Å². The topological polar surface area (TPSA) is 46.8 Å². The molecule has 27 heavy (non-hydrogen) atoms. The van der Waals surface area contributed by atoms with Crippen molar-refractivity contribution in [2.75, 3.05) is 32.7 Å². The number of aromatic nitrogens is 1. The molecule has 2 aromatic rings. The molecule has 1 aromatic heterocycles. The van der Waals surface area contributed by atoms with Crippen LogP contribution in [-0.4, -0.2) is 53.9 Å². The van der Waals surface area contributed by atoms with Crippen LogP contribution >= 0.6 is 0 Å². The first-order valence-corrected chi connectivity index (χ1v) is 9.66. The average Bonchev–Trinajstić information content (AvgIpc) is 2.89. The molecule has 0 atom stereocenters. The van der Waals surface area contributed by atoms with Crippen LogP contribution in [0.25, 0.3) is 5.69 Å². The van der Waals surface area contributed by atoms with E-state index in [1.54, 1.807) is 6.92 Å². The number of carbonyl (C=O) groups excluding carboxylic acids is 2. The van der Waals surface area contributed by atoms with Gasteiger partial charge in [-0.3, -0.25) is 9.59 Å². The normalized spacial score (nSPS) is 15.2. The Morgan fingerprint density at radius 1 is 0.963 bits per heavy atom. The lowest BCUT2D eigenvalue weighted by Crippen LogP contribution is -3.15. The number of benzene rings is 1. The second-order valence-electron chi connectivity index (χ2n) is 7.82. The smallest absolute Gasteiger partial charge is 0.219 e. The lowest BCUT2D eigenvalue weighted by molar-refractivity contribution is -0.895. The zero-order chi connectivity index (χ0) is 19.7. The third-order valence-electron chi connectivity index (χ3n) is 5.52. The van der Waals surface area contributed by atoms with Crippen molar-refractivity contribution >= 4 is 11.7 Å². The molecule has 0 unspecified atom stereocenters. The third-order valence-corrected chi connectivity index (χ3v) is 5.52. The number of nitrogens with one attached hydrogen (secondary N) is 1. The van der Waals surface area contributed by atoms with Crippen LogP contribution in [0.2, 0.25) is 0 Å². The summed E-state index contributed by atoms with van der Waals surface area (Å²) < 4.78 is 2.18. The Balaban J connectivity index is 1.78. The van der Waals surface area contributed by atoms with Gasteiger partial charge in [-0.15, -0.1) is 0 Å². The number of ketones is 1. The Morgan fingerprint density at radius 2 is 1.56 bits per heavy atom. The fourth-order valence-electron chi connectivity index (χ4n) is 4.16. The van der Waals surface area contributed by atoms with E-state index >= 15 is 0 Å². The first kappa shape index (κ1) is 19.4. The van der Waals surface area contributed by atoms with Crippen molar-refractivity contribution in [2.45, 2.75) is 34.6 Å². The Bertz CT molecular complexity index is 854. The first-order chi connectivity index (χ1) is 12.8. The first-order valence-electron chi connectivity index (χ1n) is 9.66. The summed E-state index contributed by atoms with van der Waals surface area (Å²) in [5, 5.41) is 0. The Kier molecular flexibility index (Phi) is 5.51. The number of rotatable bonds is 4. The lowest BCUT2D eigenvalue weighted by Gasteiger charge is -2.31. The van der Waals surface area contributed by atoms with E-state index in [1.165, 1.54) is 16.0 Å². The molecule has 1 N–H and O–H groups in total. The molecule has 2 heterocycles. The van der Waals surface area contributed by atoms with Crippen molar-refractivity contribution in [3.63, 3.8) is 0 Å². The van der Waals surface area contributed by atoms with Crippen LogP contribution in [0.15, 0.2) is 24.3 Å². The van der Waals surface area contributed by atoms with Crippen LogP contribution < -0.4 is 4.90 Å². The van der Waals surface area contributed by atoms with Gasteiger partial charge < -0.3 is 14.4 Å². The molecule has 5 heteroatoms. The highest BCUT2D eigenvalue weighted by molar-refractivity contribution is 5.98. The van der Waals surface area contributed by atoms with Gasteiger partial charge in [-0.1, -0.05) is 6.07 Å². The minimum absolute atomic E-state index is 0.123. The van der Waals surface area contributed by atoms with E-state index in [1.807, 2.05) is 17.9 Å². The maximum absolute atomic E-state index is 13.0. The zero-order valence-electron chi connectivity index (χ0n) is 17.1. The van der Waals surface area contributed by atoms with Gasteiger partial charge in [0.2, 0.25) is 11.7 Å². The molecule has 0 aliphatic carbocycles. The molecular formula is C22H30N3O2+. The molecule has 1 aliphatic heterocycles. The highest BCUT2D eigenvalue weighted by Crippen LogP contribution is 2.23. The van der Waals surface area contributed by atoms with Crippen LogP contribution in [0.5, 0.6) is 0 Å². The van der Waals surface area contributed by atoms with Gasteiger partial charge in [0.05, 0.1) is 26.2 Å². The van der Waals surface area contributed by atoms with Gasteiger partial charge in [0.15, 0.2) is 0 Å². The number of hydrogen-bond acceptors (Lipinski definition) is 2. The summed E-state index contributed by atoms with van der Waals surface area (Å²) in [6, 6.07) is 8.50. The highest BCUT2D eigenvalue weighted by atomic mass is 16.2. The van der Waals surface area contributed by atoms with E-state index in [-0.39, 0.29) is 11.7 Å². The monoisotopic (exact) mass is 368 g/mol. The van der Waals surface area contributed by atoms with Crippen molar-refractivity contribution in [1.82, 2.24) is 9.47 Å². The number of hydrogen-bond donors (Lipinski definition) is 1. The second-order valence-corrected chi connectivity index (χ2v) is 7.82. The van der Waals surface area contributed by atoms with Crippen LogP contribution in [0.4, 0.5) is 0 Å². The summed E-state index contributed by atoms with van der Waals surface area (Å²) >= 11 is 0. The van der Waals surface area contributed by atoms with Crippen molar-refractivity contribution in [3.8, 4) is 5.69 Å². The van der Waals surface area contributed by atoms with Gasteiger partial charge >= 0.3 is 0 Å². The Labute approximate surface area is 161 Å². The van der Waals surface area contributed by atoms with E-state index in [9.17, 15) is 9.59 Å². The van der Waals surface area contributed by atoms with E-state index in [0.29, 0.717) is 6.54 Å². The Hall–Kier alpha value is -2.40. The fourth-order valence-corrected chi connectivity index (χ4v) is 4.16. The molecule has 1 saturated heterocycles. The van der Waals surface area contributed by atoms with Crippen molar-refractivity contribution in [2.24, 2.45) is 0 Å². The standard InChI is InChI=1S/C22H29N3O2/c1-15-10-16(2)12-20(11-15)25-17(3)13-21(18(25)4)22(27)14-23-6-8-24(9-7-23)19(5)26/h10-13H,6-9,14H2,1-5H3/p+1. The summed E-state index contributed by atoms with van der Waals surface area (Å²) in [4.78, 5) is 27.5. The molecule has 0 bridgehead atoms. The molecule has 144 valence electrons. The SMILES string of the molecule is CC(=O)N1CC[NH+](CC(=O)c2cc(C)n(-c3cc(C)cc(C)c3)c2C)CC1. The van der Waals surface area contributed by atoms with Crippen LogP contribution in [0.3, 0.4) is 0 Å². The number of carbonyl (C=O) groups is 2. The number of Topliss-reactive ketones (excluding diaryl/α,β-unsaturated/α-hetero) is 1. The van der Waals surface area contributed by atoms with Crippen LogP contribution in [-0.2, 0) is 4.79 Å². The molecule has 1 fully saturated rings. The Morgan fingerprint density at radius 3 is 2.11 bits per heavy atom. The number of aryl methyl sites for hydroxylation is 3. The van der Waals surface area contributed by atoms with Gasteiger partial charge in [0.1, 0.15) is 6.54 Å². The number of nitrogens with zero attached hydrogens (tertiary/aromatic N) is 2. The molecule has 1 amide bonds. The maximum atomic E-state index is 13.0. The van der Waals surface area contributed by atoms with Gasteiger partial charge in [-0.25, -0.2) is 0 Å². The maximum Gasteiger partial charge on any atom is 0.219 e. The van der Waals surface area contributed by atoms with Gasteiger partial charge in [-0.05, 0) is 57.0 Å². The predicted octanol–water partition coefficient (Wildman–Crippen LogP) is 1.64. The van der Waals surface area contributed by atoms with Gasteiger partial charge in [-0.2, -0.15) is 0 Å². The van der Waals surface area contributed by atoms with Gasteiger partial charge in [0, 0.05) is 29.6 Å². The number of piperazine rings is 1. The third kappa shape index (κ3) is 4.14. The average molecular weight is 369 g/mol. The largest absolute Gasteiger partial charge is 0.332 e. The molecule has 0 saturated carbocycles. The lowest BCUT2D eigenvalue weighted by atomic mass is 10.1. The zero-order valence-corrected chi connectivity index (χ0v) is 17.1. The summed E-state index contributed by atoms with van der Waals surface area (Å²) in [7, 11) is 0. The molecule has 0 radical (unpaired) electrons. The quantitative estimate of drug-likeness (QED) is 0.834. The van der Waals surface area contributed by atoms with Crippen LogP contribution in [0.1, 0.15) is 39.8 Å². The van der Waals surface area contributed by atoms with E-state index < -0.39 is 0 Å². The predicted molar refractivity (Wildman–Crippen MR) is 107 cm³/mol. The van der Waals surface area contributed by atoms with Crippen molar-refractivity contribution in [1.29, 1.82) is 0 Å². The van der Waals surface area contributed by atoms with E-state index in [2.05, 4.69) is 43.5 Å². The van der Waals surface area contributed by atoms with E-state index in [4.69, 9.17) is 0 Å². The minimum atomic E-state index is 0.123. The summed E-state index contributed by atoms with van der Waals surface area (Å²) in [6.07, 6.45) is 0. The number of quaternary nitrogens is 1. The van der Waals surface area contributed by atoms with E-state index in [0.717, 1.165) is 48.8 Å². The molecular weight excluding hydrogens is 338 g/mol. The number of amides is 1. The molecule has 1 aromatic carbocycles. The molecule has 1 aliphatic rings. The second kappa shape index (κ2) is 7.69. The van der Waals surface area contributed by atoms with Crippen LogP contribution in [0, 0.1) is 27.7 Å². The van der Waals surface area contributed by atoms with Crippen molar-refractivity contribution in [3.05, 3.63) is 52.3 Å². The minimum Gasteiger partial charge on any atom is -0.332 e. The van der Waals surface area contributed by atoms with Crippen molar-refractivity contribution < 1.29 is 14.5 Å². The summed E-state index contributed by atoms with van der Waals surface area (Å²) in [6.45, 7) is 13.5. The molecule has 5 nitrogen and oxygen atoms in total. The molecule has 3 rings (SSSR count). The summed E-state index contributed by atoms with van der Waals surface area (Å²) in [5.74, 6) is 0.308. The fraction of sp³-hybridized carbons (Fsp3) is 0.455. The highest BCUT2D eigenvalue weighted by Gasteiger charge is 2.25.